The molecule has 4 heterocycles. The molecule has 1 aromatic carbocycles. The Kier molecular flexibility index (Phi) is 6.76. The van der Waals surface area contributed by atoms with Gasteiger partial charge in [0.1, 0.15) is 28.3 Å². The summed E-state index contributed by atoms with van der Waals surface area (Å²) < 4.78 is 66.9. The zero-order valence-corrected chi connectivity index (χ0v) is 20.7. The second-order valence-corrected chi connectivity index (χ2v) is 9.99. The Morgan fingerprint density at radius 3 is 2.46 bits per heavy atom. The Bertz CT molecular complexity index is 1450. The number of nitrogens with zero attached hydrogens (tertiary/aromatic N) is 5. The molecule has 12 nitrogen and oxygen atoms in total. The number of nitrogens with one attached hydrogen (secondary N) is 1. The highest BCUT2D eigenvalue weighted by molar-refractivity contribution is 7.93. The average Bonchev–Trinajstić information content (AvgIpc) is 3.58. The molecule has 0 amide bonds. The predicted octanol–water partition coefficient (Wildman–Crippen LogP) is 2.79. The maximum absolute atomic E-state index is 13.7. The summed E-state index contributed by atoms with van der Waals surface area (Å²) in [6.07, 6.45) is 3.82. The van der Waals surface area contributed by atoms with Crippen molar-refractivity contribution in [3.63, 3.8) is 0 Å². The predicted molar refractivity (Wildman–Crippen MR) is 129 cm³/mol. The van der Waals surface area contributed by atoms with Gasteiger partial charge in [-0.15, -0.1) is 10.2 Å². The molecule has 3 aromatic heterocycles. The zero-order chi connectivity index (χ0) is 26.0. The van der Waals surface area contributed by atoms with Crippen molar-refractivity contribution in [1.29, 1.82) is 0 Å². The molecule has 1 aliphatic heterocycles. The molecule has 1 N–H and O–H groups in total. The number of hydrogen-bond donors (Lipinski definition) is 1. The van der Waals surface area contributed by atoms with Gasteiger partial charge in [0.05, 0.1) is 39.5 Å². The first kappa shape index (κ1) is 24.6. The SMILES string of the molecule is COc1cccc(OC)c1-n1c(NS(=O)(=O)[C@H]2COCC[C@H]2c2ncc(F)cn2)nnc1-c1ccco1. The van der Waals surface area contributed by atoms with Crippen LogP contribution < -0.4 is 14.2 Å². The molecule has 1 fully saturated rings. The van der Waals surface area contributed by atoms with Crippen molar-refractivity contribution in [2.24, 2.45) is 0 Å². The third kappa shape index (κ3) is 4.72. The van der Waals surface area contributed by atoms with E-state index < -0.39 is 27.0 Å². The van der Waals surface area contributed by atoms with Crippen LogP contribution >= 0.6 is 0 Å². The normalized spacial score (nSPS) is 17.9. The summed E-state index contributed by atoms with van der Waals surface area (Å²) in [5.41, 5.74) is 0.361. The number of anilines is 1. The first-order chi connectivity index (χ1) is 17.9. The number of rotatable bonds is 8. The fourth-order valence-electron chi connectivity index (χ4n) is 4.21. The van der Waals surface area contributed by atoms with Gasteiger partial charge in [-0.1, -0.05) is 6.07 Å². The minimum absolute atomic E-state index is 0.113. The second kappa shape index (κ2) is 10.1. The van der Waals surface area contributed by atoms with Crippen LogP contribution in [0.4, 0.5) is 10.3 Å². The van der Waals surface area contributed by atoms with E-state index in [1.165, 1.54) is 25.0 Å². The van der Waals surface area contributed by atoms with E-state index in [4.69, 9.17) is 18.6 Å². The van der Waals surface area contributed by atoms with Crippen LogP contribution in [0.3, 0.4) is 0 Å². The lowest BCUT2D eigenvalue weighted by molar-refractivity contribution is 0.0863. The summed E-state index contributed by atoms with van der Waals surface area (Å²) in [5, 5.41) is 7.22. The highest BCUT2D eigenvalue weighted by Crippen LogP contribution is 2.38. The molecule has 14 heteroatoms. The molecule has 0 radical (unpaired) electrons. The lowest BCUT2D eigenvalue weighted by atomic mass is 9.99. The quantitative estimate of drug-likeness (QED) is 0.361. The summed E-state index contributed by atoms with van der Waals surface area (Å²) in [6, 6.07) is 8.45. The van der Waals surface area contributed by atoms with Crippen molar-refractivity contribution in [1.82, 2.24) is 24.7 Å². The average molecular weight is 531 g/mol. The summed E-state index contributed by atoms with van der Waals surface area (Å²) in [4.78, 5) is 8.02. The Morgan fingerprint density at radius 2 is 1.81 bits per heavy atom. The van der Waals surface area contributed by atoms with Gasteiger partial charge in [0.2, 0.25) is 21.8 Å². The fourth-order valence-corrected chi connectivity index (χ4v) is 5.71. The number of methoxy groups -OCH3 is 2. The topological polar surface area (TPSA) is 143 Å². The Morgan fingerprint density at radius 1 is 1.08 bits per heavy atom. The van der Waals surface area contributed by atoms with E-state index in [1.54, 1.807) is 30.3 Å². The summed E-state index contributed by atoms with van der Waals surface area (Å²) >= 11 is 0. The van der Waals surface area contributed by atoms with Gasteiger partial charge in [-0.05, 0) is 30.7 Å². The van der Waals surface area contributed by atoms with Crippen molar-refractivity contribution in [3.8, 4) is 28.8 Å². The van der Waals surface area contributed by atoms with E-state index in [-0.39, 0.29) is 24.2 Å². The molecule has 5 rings (SSSR count). The highest BCUT2D eigenvalue weighted by atomic mass is 32.2. The fraction of sp³-hybridized carbons (Fsp3) is 0.304. The first-order valence-corrected chi connectivity index (χ1v) is 12.7. The van der Waals surface area contributed by atoms with E-state index in [0.717, 1.165) is 12.4 Å². The van der Waals surface area contributed by atoms with E-state index in [2.05, 4.69) is 24.9 Å². The van der Waals surface area contributed by atoms with Crippen LogP contribution in [0.1, 0.15) is 18.2 Å². The summed E-state index contributed by atoms with van der Waals surface area (Å²) in [5.74, 6) is 0.152. The minimum Gasteiger partial charge on any atom is -0.494 e. The number of aromatic nitrogens is 5. The van der Waals surface area contributed by atoms with Crippen LogP contribution in [0.25, 0.3) is 17.3 Å². The van der Waals surface area contributed by atoms with Crippen LogP contribution in [-0.2, 0) is 14.8 Å². The minimum atomic E-state index is -4.15. The summed E-state index contributed by atoms with van der Waals surface area (Å²) in [7, 11) is -1.20. The monoisotopic (exact) mass is 530 g/mol. The molecule has 0 bridgehead atoms. The van der Waals surface area contributed by atoms with Crippen molar-refractivity contribution in [2.45, 2.75) is 17.6 Å². The van der Waals surface area contributed by atoms with E-state index >= 15 is 0 Å². The van der Waals surface area contributed by atoms with Gasteiger partial charge < -0.3 is 18.6 Å². The van der Waals surface area contributed by atoms with Gasteiger partial charge >= 0.3 is 0 Å². The number of halogens is 1. The molecule has 37 heavy (non-hydrogen) atoms. The molecule has 2 atom stereocenters. The molecule has 1 saturated heterocycles. The Hall–Kier alpha value is -4.04. The molecule has 0 spiro atoms. The second-order valence-electron chi connectivity index (χ2n) is 8.09. The third-order valence-corrected chi connectivity index (χ3v) is 7.67. The standard InChI is InChI=1S/C23H23FN6O6S/c1-33-16-5-3-6-17(34-2)20(16)30-22(18-7-4-9-36-18)27-28-23(30)29-37(31,32)19-13-35-10-8-15(19)21-25-11-14(24)12-26-21/h3-7,9,11-12,15,19H,8,10,13H2,1-2H3,(H,28,29)/t15-,19+/m1/s1. The van der Waals surface area contributed by atoms with E-state index in [0.29, 0.717) is 36.0 Å². The van der Waals surface area contributed by atoms with Crippen LogP contribution in [-0.4, -0.2) is 65.8 Å². The number of furan rings is 1. The van der Waals surface area contributed by atoms with Crippen molar-refractivity contribution < 1.29 is 31.4 Å². The lowest BCUT2D eigenvalue weighted by Crippen LogP contribution is -2.41. The first-order valence-electron chi connectivity index (χ1n) is 11.2. The van der Waals surface area contributed by atoms with Crippen LogP contribution in [0.2, 0.25) is 0 Å². The number of hydrogen-bond acceptors (Lipinski definition) is 10. The summed E-state index contributed by atoms with van der Waals surface area (Å²) in [6.45, 7) is 0.201. The van der Waals surface area contributed by atoms with E-state index in [9.17, 15) is 12.8 Å². The molecule has 0 unspecified atom stereocenters. The van der Waals surface area contributed by atoms with Gasteiger partial charge in [0, 0.05) is 12.5 Å². The van der Waals surface area contributed by atoms with Crippen molar-refractivity contribution >= 4 is 16.0 Å². The van der Waals surface area contributed by atoms with E-state index in [1.807, 2.05) is 0 Å². The van der Waals surface area contributed by atoms with Gasteiger partial charge in [-0.25, -0.2) is 22.8 Å². The molecule has 4 aromatic rings. The zero-order valence-electron chi connectivity index (χ0n) is 19.9. The highest BCUT2D eigenvalue weighted by Gasteiger charge is 2.40. The number of ether oxygens (including phenoxy) is 3. The molecule has 0 saturated carbocycles. The molecular weight excluding hydrogens is 507 g/mol. The smallest absolute Gasteiger partial charge is 0.243 e. The molecule has 1 aliphatic rings. The van der Waals surface area contributed by atoms with Gasteiger partial charge in [0.15, 0.2) is 11.6 Å². The molecule has 194 valence electrons. The Balaban J connectivity index is 1.60. The van der Waals surface area contributed by atoms with Crippen LogP contribution in [0.15, 0.2) is 53.4 Å². The lowest BCUT2D eigenvalue weighted by Gasteiger charge is -2.30. The van der Waals surface area contributed by atoms with Gasteiger partial charge in [-0.2, -0.15) is 0 Å². The van der Waals surface area contributed by atoms with Crippen LogP contribution in [0, 0.1) is 5.82 Å². The van der Waals surface area contributed by atoms with Crippen LogP contribution in [0.5, 0.6) is 11.5 Å². The number of sulfonamides is 1. The maximum atomic E-state index is 13.7. The van der Waals surface area contributed by atoms with Gasteiger partial charge in [-0.3, -0.25) is 9.29 Å². The molecule has 0 aliphatic carbocycles. The number of para-hydroxylation sites is 1. The van der Waals surface area contributed by atoms with Crippen molar-refractivity contribution in [2.75, 3.05) is 32.2 Å². The van der Waals surface area contributed by atoms with Gasteiger partial charge in [0.25, 0.3) is 0 Å². The maximum Gasteiger partial charge on any atom is 0.243 e. The Labute approximate surface area is 211 Å². The molecular formula is C23H23FN6O6S. The van der Waals surface area contributed by atoms with Crippen molar-refractivity contribution in [3.05, 3.63) is 60.6 Å². The third-order valence-electron chi connectivity index (χ3n) is 5.94. The largest absolute Gasteiger partial charge is 0.494 e. The number of benzene rings is 1.